The van der Waals surface area contributed by atoms with Gasteiger partial charge < -0.3 is 9.47 Å². The first-order valence-electron chi connectivity index (χ1n) is 19.4. The third kappa shape index (κ3) is 5.71. The van der Waals surface area contributed by atoms with E-state index in [4.69, 9.17) is 0 Å². The van der Waals surface area contributed by atoms with E-state index in [1.165, 1.54) is 75.4 Å². The smallest absolute Gasteiger partial charge is 0.0541 e. The number of hydrogen-bond acceptors (Lipinski definition) is 2. The molecule has 0 aliphatic rings. The topological polar surface area (TPSA) is 8.17 Å². The summed E-state index contributed by atoms with van der Waals surface area (Å²) in [5.41, 5.74) is 14.0. The number of thiophene rings is 1. The van der Waals surface area contributed by atoms with E-state index in [0.29, 0.717) is 0 Å². The summed E-state index contributed by atoms with van der Waals surface area (Å²) in [6.07, 6.45) is 0. The zero-order chi connectivity index (χ0) is 37.7. The average molecular weight is 745 g/mol. The van der Waals surface area contributed by atoms with Crippen LogP contribution in [0, 0.1) is 0 Å². The van der Waals surface area contributed by atoms with Crippen LogP contribution >= 0.6 is 11.3 Å². The Balaban J connectivity index is 1.13. The minimum absolute atomic E-state index is 1.10. The number of para-hydroxylation sites is 3. The van der Waals surface area contributed by atoms with Gasteiger partial charge in [-0.2, -0.15) is 0 Å². The third-order valence-corrected chi connectivity index (χ3v) is 12.4. The number of hydrogen-bond donors (Lipinski definition) is 0. The monoisotopic (exact) mass is 744 g/mol. The molecule has 0 unspecified atom stereocenters. The average Bonchev–Trinajstić information content (AvgIpc) is 3.83. The van der Waals surface area contributed by atoms with E-state index in [9.17, 15) is 0 Å². The largest absolute Gasteiger partial charge is 0.310 e. The molecular formula is C54H36N2S. The molecule has 9 aromatic carbocycles. The van der Waals surface area contributed by atoms with Crippen molar-refractivity contribution in [1.29, 1.82) is 0 Å². The van der Waals surface area contributed by atoms with Gasteiger partial charge in [-0.25, -0.2) is 0 Å². The molecule has 2 aromatic heterocycles. The molecule has 0 radical (unpaired) electrons. The van der Waals surface area contributed by atoms with Gasteiger partial charge in [-0.3, -0.25) is 0 Å². The van der Waals surface area contributed by atoms with Gasteiger partial charge in [-0.05, 0) is 94.5 Å². The lowest BCUT2D eigenvalue weighted by molar-refractivity contribution is 1.18. The van der Waals surface area contributed by atoms with Crippen LogP contribution < -0.4 is 4.90 Å². The molecule has 11 rings (SSSR count). The van der Waals surface area contributed by atoms with Crippen LogP contribution in [-0.4, -0.2) is 4.57 Å². The van der Waals surface area contributed by atoms with Gasteiger partial charge in [0.05, 0.1) is 16.7 Å². The predicted octanol–water partition coefficient (Wildman–Crippen LogP) is 15.6. The molecule has 0 saturated heterocycles. The maximum atomic E-state index is 2.43. The van der Waals surface area contributed by atoms with Gasteiger partial charge in [0.15, 0.2) is 0 Å². The van der Waals surface area contributed by atoms with Gasteiger partial charge in [0, 0.05) is 53.6 Å². The second kappa shape index (κ2) is 13.8. The van der Waals surface area contributed by atoms with Gasteiger partial charge in [0.25, 0.3) is 0 Å². The molecule has 0 amide bonds. The van der Waals surface area contributed by atoms with Crippen molar-refractivity contribution < 1.29 is 0 Å². The molecule has 0 aliphatic carbocycles. The molecule has 3 heteroatoms. The van der Waals surface area contributed by atoms with Gasteiger partial charge in [0.2, 0.25) is 0 Å². The lowest BCUT2D eigenvalue weighted by Crippen LogP contribution is -2.10. The molecule has 11 aromatic rings. The second-order valence-electron chi connectivity index (χ2n) is 14.5. The molecule has 57 heavy (non-hydrogen) atoms. The van der Waals surface area contributed by atoms with Crippen molar-refractivity contribution in [3.05, 3.63) is 218 Å². The summed E-state index contributed by atoms with van der Waals surface area (Å²) in [4.78, 5) is 2.41. The fraction of sp³-hybridized carbons (Fsp3) is 0. The van der Waals surface area contributed by atoms with Crippen molar-refractivity contribution in [3.63, 3.8) is 0 Å². The van der Waals surface area contributed by atoms with Crippen molar-refractivity contribution in [2.45, 2.75) is 0 Å². The van der Waals surface area contributed by atoms with Crippen molar-refractivity contribution in [2.75, 3.05) is 4.90 Å². The number of rotatable bonds is 7. The van der Waals surface area contributed by atoms with Crippen LogP contribution in [0.5, 0.6) is 0 Å². The Labute approximate surface area is 335 Å². The van der Waals surface area contributed by atoms with E-state index in [2.05, 4.69) is 228 Å². The van der Waals surface area contributed by atoms with E-state index < -0.39 is 0 Å². The summed E-state index contributed by atoms with van der Waals surface area (Å²) < 4.78 is 5.03. The molecule has 0 fully saturated rings. The van der Waals surface area contributed by atoms with Crippen LogP contribution in [0.15, 0.2) is 218 Å². The first-order valence-corrected chi connectivity index (χ1v) is 20.2. The molecule has 0 N–H and O–H groups in total. The molecule has 0 atom stereocenters. The first kappa shape index (κ1) is 33.2. The van der Waals surface area contributed by atoms with Crippen molar-refractivity contribution in [2.24, 2.45) is 0 Å². The van der Waals surface area contributed by atoms with Crippen molar-refractivity contribution in [3.8, 4) is 39.1 Å². The van der Waals surface area contributed by atoms with Crippen molar-refractivity contribution >= 4 is 70.4 Å². The zero-order valence-electron chi connectivity index (χ0n) is 31.1. The number of benzene rings is 9. The predicted molar refractivity (Wildman–Crippen MR) is 245 cm³/mol. The summed E-state index contributed by atoms with van der Waals surface area (Å²) in [5, 5.41) is 5.08. The molecule has 268 valence electrons. The summed E-state index contributed by atoms with van der Waals surface area (Å²) in [7, 11) is 0. The molecule has 0 bridgehead atoms. The number of aromatic nitrogens is 1. The van der Waals surface area contributed by atoms with Crippen LogP contribution in [0.3, 0.4) is 0 Å². The lowest BCUT2D eigenvalue weighted by atomic mass is 9.92. The lowest BCUT2D eigenvalue weighted by Gasteiger charge is -2.27. The SMILES string of the molecule is c1ccc(-c2ccc(N(c3ccc(-c4ccccc4-n4c5ccccc5c5ccccc54)c(-c4ccccc4)c3)c3ccc4sc5ccccc5c4c3)cc2)cc1. The van der Waals surface area contributed by atoms with E-state index in [0.717, 1.165) is 22.7 Å². The molecular weight excluding hydrogens is 709 g/mol. The summed E-state index contributed by atoms with van der Waals surface area (Å²) in [6.45, 7) is 0. The Bertz CT molecular complexity index is 3180. The Morgan fingerprint density at radius 3 is 1.58 bits per heavy atom. The van der Waals surface area contributed by atoms with Gasteiger partial charge in [0.1, 0.15) is 0 Å². The molecule has 2 heterocycles. The molecule has 2 nitrogen and oxygen atoms in total. The summed E-state index contributed by atoms with van der Waals surface area (Å²) >= 11 is 1.85. The third-order valence-electron chi connectivity index (χ3n) is 11.2. The minimum Gasteiger partial charge on any atom is -0.310 e. The van der Waals surface area contributed by atoms with E-state index in [-0.39, 0.29) is 0 Å². The Kier molecular flexibility index (Phi) is 8.04. The number of fused-ring (bicyclic) bond motifs is 6. The normalized spacial score (nSPS) is 11.5. The van der Waals surface area contributed by atoms with Crippen LogP contribution in [0.25, 0.3) is 81.0 Å². The minimum atomic E-state index is 1.10. The standard InChI is InChI=1S/C54H36N2S/c1-3-15-37(16-4-1)38-27-29-40(30-28-38)55(42-32-34-54-49(36-42)47-22-10-14-26-53(47)57-54)41-31-33-43(48(35-41)39-17-5-2-6-18-39)44-19-7-11-23-50(44)56-51-24-12-8-20-45(51)46-21-9-13-25-52(46)56/h1-36H. The number of nitrogens with zero attached hydrogens (tertiary/aromatic N) is 2. The fourth-order valence-electron chi connectivity index (χ4n) is 8.58. The maximum Gasteiger partial charge on any atom is 0.0541 e. The fourth-order valence-corrected chi connectivity index (χ4v) is 9.66. The van der Waals surface area contributed by atoms with Crippen LogP contribution in [0.2, 0.25) is 0 Å². The Morgan fingerprint density at radius 2 is 0.842 bits per heavy atom. The summed E-state index contributed by atoms with van der Waals surface area (Å²) in [6, 6.07) is 79.5. The first-order chi connectivity index (χ1) is 28.3. The highest BCUT2D eigenvalue weighted by atomic mass is 32.1. The van der Waals surface area contributed by atoms with Gasteiger partial charge >= 0.3 is 0 Å². The van der Waals surface area contributed by atoms with Crippen LogP contribution in [-0.2, 0) is 0 Å². The molecule has 0 saturated carbocycles. The molecule has 0 aliphatic heterocycles. The van der Waals surface area contributed by atoms with Gasteiger partial charge in [-0.1, -0.05) is 152 Å². The van der Waals surface area contributed by atoms with Gasteiger partial charge in [-0.15, -0.1) is 11.3 Å². The summed E-state index contributed by atoms with van der Waals surface area (Å²) in [5.74, 6) is 0. The van der Waals surface area contributed by atoms with Crippen molar-refractivity contribution in [1.82, 2.24) is 4.57 Å². The van der Waals surface area contributed by atoms with Crippen LogP contribution in [0.4, 0.5) is 17.1 Å². The highest BCUT2D eigenvalue weighted by molar-refractivity contribution is 7.25. The number of anilines is 3. The maximum absolute atomic E-state index is 2.43. The quantitative estimate of drug-likeness (QED) is 0.158. The highest BCUT2D eigenvalue weighted by Crippen LogP contribution is 2.45. The zero-order valence-corrected chi connectivity index (χ0v) is 31.9. The van der Waals surface area contributed by atoms with E-state index in [1.807, 2.05) is 11.3 Å². The van der Waals surface area contributed by atoms with E-state index >= 15 is 0 Å². The second-order valence-corrected chi connectivity index (χ2v) is 15.6. The Morgan fingerprint density at radius 1 is 0.316 bits per heavy atom. The molecule has 0 spiro atoms. The highest BCUT2D eigenvalue weighted by Gasteiger charge is 2.21. The Hall–Kier alpha value is -7.20. The van der Waals surface area contributed by atoms with E-state index in [1.54, 1.807) is 0 Å². The van der Waals surface area contributed by atoms with Crippen LogP contribution in [0.1, 0.15) is 0 Å².